The number of sulfone groups is 1. The quantitative estimate of drug-likeness (QED) is 0.789. The van der Waals surface area contributed by atoms with Crippen LogP contribution in [-0.2, 0) is 14.6 Å². The first-order valence-electron chi connectivity index (χ1n) is 5.22. The van der Waals surface area contributed by atoms with E-state index in [0.29, 0.717) is 11.3 Å². The van der Waals surface area contributed by atoms with E-state index in [4.69, 9.17) is 18.0 Å². The number of halogens is 1. The van der Waals surface area contributed by atoms with Crippen molar-refractivity contribution in [3.63, 3.8) is 0 Å². The average Bonchev–Trinajstić information content (AvgIpc) is 2.26. The molecule has 104 valence electrons. The number of carbonyl (C=O) groups excluding carboxylic acids is 1. The van der Waals surface area contributed by atoms with Crippen molar-refractivity contribution in [2.45, 2.75) is 12.2 Å². The van der Waals surface area contributed by atoms with Crippen LogP contribution in [0.3, 0.4) is 0 Å². The summed E-state index contributed by atoms with van der Waals surface area (Å²) < 4.78 is 23.4. The Balaban J connectivity index is 3.09. The molecule has 5 nitrogen and oxygen atoms in total. The maximum atomic E-state index is 11.9. The summed E-state index contributed by atoms with van der Waals surface area (Å²) >= 11 is 8.14. The SMILES string of the molecule is CC(C(=O)Nc1cc(Br)ccc1C(N)=S)S(C)(=O)=O. The molecule has 0 spiro atoms. The summed E-state index contributed by atoms with van der Waals surface area (Å²) in [4.78, 5) is 12.0. The predicted molar refractivity (Wildman–Crippen MR) is 83.0 cm³/mol. The second kappa shape index (κ2) is 5.98. The Labute approximate surface area is 125 Å². The van der Waals surface area contributed by atoms with Crippen LogP contribution in [-0.4, -0.2) is 30.8 Å². The van der Waals surface area contributed by atoms with Crippen molar-refractivity contribution >= 4 is 54.6 Å². The van der Waals surface area contributed by atoms with Crippen LogP contribution in [0, 0.1) is 0 Å². The minimum atomic E-state index is -3.45. The van der Waals surface area contributed by atoms with Crippen molar-refractivity contribution in [3.8, 4) is 0 Å². The molecule has 0 fully saturated rings. The minimum absolute atomic E-state index is 0.120. The molecule has 3 N–H and O–H groups in total. The molecule has 0 saturated carbocycles. The molecule has 1 atom stereocenters. The third-order valence-electron chi connectivity index (χ3n) is 2.52. The summed E-state index contributed by atoms with van der Waals surface area (Å²) in [5.41, 5.74) is 6.40. The number of carbonyl (C=O) groups is 1. The molecule has 0 aliphatic heterocycles. The molecular formula is C11H13BrN2O3S2. The third kappa shape index (κ3) is 4.26. The normalized spacial score (nSPS) is 12.8. The molecule has 1 aromatic rings. The van der Waals surface area contributed by atoms with E-state index in [2.05, 4.69) is 21.2 Å². The highest BCUT2D eigenvalue weighted by atomic mass is 79.9. The Hall–Kier alpha value is -0.990. The Bertz CT molecular complexity index is 629. The van der Waals surface area contributed by atoms with Gasteiger partial charge in [-0.2, -0.15) is 0 Å². The molecule has 0 aliphatic carbocycles. The number of hydrogen-bond donors (Lipinski definition) is 2. The maximum absolute atomic E-state index is 11.9. The molecule has 1 amide bonds. The van der Waals surface area contributed by atoms with E-state index in [0.717, 1.165) is 10.7 Å². The Morgan fingerprint density at radius 1 is 1.47 bits per heavy atom. The summed E-state index contributed by atoms with van der Waals surface area (Å²) in [6.07, 6.45) is 1.01. The zero-order valence-corrected chi connectivity index (χ0v) is 13.5. The Kier molecular flexibility index (Phi) is 5.05. The lowest BCUT2D eigenvalue weighted by molar-refractivity contribution is -0.115. The van der Waals surface area contributed by atoms with Gasteiger partial charge in [0, 0.05) is 16.3 Å². The molecule has 0 radical (unpaired) electrons. The first-order chi connectivity index (χ1) is 8.62. The second-order valence-corrected chi connectivity index (χ2v) is 7.74. The van der Waals surface area contributed by atoms with E-state index >= 15 is 0 Å². The average molecular weight is 365 g/mol. The fourth-order valence-electron chi connectivity index (χ4n) is 1.26. The monoisotopic (exact) mass is 364 g/mol. The number of nitrogens with two attached hydrogens (primary N) is 1. The van der Waals surface area contributed by atoms with Gasteiger partial charge in [-0.15, -0.1) is 0 Å². The standard InChI is InChI=1S/C11H13BrN2O3S2/c1-6(19(2,16)17)11(15)14-9-5-7(12)3-4-8(9)10(13)18/h3-6H,1-2H3,(H2,13,18)(H,14,15). The van der Waals surface area contributed by atoms with Gasteiger partial charge in [0.1, 0.15) is 10.2 Å². The number of rotatable bonds is 4. The van der Waals surface area contributed by atoms with Gasteiger partial charge in [0.25, 0.3) is 0 Å². The Morgan fingerprint density at radius 2 is 2.05 bits per heavy atom. The van der Waals surface area contributed by atoms with E-state index in [1.807, 2.05) is 0 Å². The molecule has 1 unspecified atom stereocenters. The van der Waals surface area contributed by atoms with Crippen molar-refractivity contribution in [2.75, 3.05) is 11.6 Å². The molecule has 0 aromatic heterocycles. The van der Waals surface area contributed by atoms with Crippen LogP contribution in [0.1, 0.15) is 12.5 Å². The predicted octanol–water partition coefficient (Wildman–Crippen LogP) is 1.45. The lowest BCUT2D eigenvalue weighted by Gasteiger charge is -2.13. The van der Waals surface area contributed by atoms with E-state index in [9.17, 15) is 13.2 Å². The number of benzene rings is 1. The van der Waals surface area contributed by atoms with Crippen LogP contribution in [0.5, 0.6) is 0 Å². The first-order valence-corrected chi connectivity index (χ1v) is 8.37. The van der Waals surface area contributed by atoms with E-state index in [1.165, 1.54) is 6.92 Å². The lowest BCUT2D eigenvalue weighted by atomic mass is 10.1. The van der Waals surface area contributed by atoms with Crippen LogP contribution >= 0.6 is 28.1 Å². The summed E-state index contributed by atoms with van der Waals surface area (Å²) in [6, 6.07) is 4.98. The molecule has 0 heterocycles. The van der Waals surface area contributed by atoms with E-state index in [-0.39, 0.29) is 4.99 Å². The lowest BCUT2D eigenvalue weighted by Crippen LogP contribution is -2.32. The first kappa shape index (κ1) is 16.1. The van der Waals surface area contributed by atoms with Gasteiger partial charge in [0.15, 0.2) is 9.84 Å². The highest BCUT2D eigenvalue weighted by Crippen LogP contribution is 2.22. The Morgan fingerprint density at radius 3 is 2.53 bits per heavy atom. The molecule has 1 rings (SSSR count). The highest BCUT2D eigenvalue weighted by molar-refractivity contribution is 9.10. The number of nitrogens with one attached hydrogen (secondary N) is 1. The van der Waals surface area contributed by atoms with Gasteiger partial charge >= 0.3 is 0 Å². The minimum Gasteiger partial charge on any atom is -0.389 e. The molecular weight excluding hydrogens is 352 g/mol. The molecule has 1 aromatic carbocycles. The van der Waals surface area contributed by atoms with Crippen LogP contribution in [0.15, 0.2) is 22.7 Å². The zero-order valence-electron chi connectivity index (χ0n) is 10.3. The summed E-state index contributed by atoms with van der Waals surface area (Å²) in [6.45, 7) is 1.32. The van der Waals surface area contributed by atoms with Crippen molar-refractivity contribution in [2.24, 2.45) is 5.73 Å². The summed E-state index contributed by atoms with van der Waals surface area (Å²) in [5, 5.41) is 1.38. The highest BCUT2D eigenvalue weighted by Gasteiger charge is 2.24. The summed E-state index contributed by atoms with van der Waals surface area (Å²) in [5.74, 6) is -0.627. The second-order valence-electron chi connectivity index (χ2n) is 4.02. The largest absolute Gasteiger partial charge is 0.389 e. The van der Waals surface area contributed by atoms with Crippen molar-refractivity contribution in [1.29, 1.82) is 0 Å². The third-order valence-corrected chi connectivity index (χ3v) is 4.73. The molecule has 0 bridgehead atoms. The smallest absolute Gasteiger partial charge is 0.242 e. The van der Waals surface area contributed by atoms with Crippen LogP contribution in [0.4, 0.5) is 5.69 Å². The van der Waals surface area contributed by atoms with Gasteiger partial charge < -0.3 is 11.1 Å². The van der Waals surface area contributed by atoms with Gasteiger partial charge in [-0.05, 0) is 25.1 Å². The molecule has 0 aliphatic rings. The summed E-state index contributed by atoms with van der Waals surface area (Å²) in [7, 11) is -3.45. The number of anilines is 1. The number of thiocarbonyl (C=S) groups is 1. The number of hydrogen-bond acceptors (Lipinski definition) is 4. The van der Waals surface area contributed by atoms with Gasteiger partial charge in [-0.1, -0.05) is 28.1 Å². The van der Waals surface area contributed by atoms with Crippen LogP contribution in [0.25, 0.3) is 0 Å². The fourth-order valence-corrected chi connectivity index (χ4v) is 2.25. The van der Waals surface area contributed by atoms with Crippen LogP contribution in [0.2, 0.25) is 0 Å². The van der Waals surface area contributed by atoms with Gasteiger partial charge in [-0.25, -0.2) is 8.42 Å². The van der Waals surface area contributed by atoms with Gasteiger partial charge in [-0.3, -0.25) is 4.79 Å². The van der Waals surface area contributed by atoms with Crippen molar-refractivity contribution < 1.29 is 13.2 Å². The molecule has 0 saturated heterocycles. The molecule has 19 heavy (non-hydrogen) atoms. The zero-order chi connectivity index (χ0) is 14.8. The van der Waals surface area contributed by atoms with E-state index < -0.39 is 21.0 Å². The fraction of sp³-hybridized carbons (Fsp3) is 0.273. The number of amides is 1. The van der Waals surface area contributed by atoms with Gasteiger partial charge in [0.2, 0.25) is 5.91 Å². The van der Waals surface area contributed by atoms with E-state index in [1.54, 1.807) is 18.2 Å². The topological polar surface area (TPSA) is 89.3 Å². The molecule has 8 heteroatoms. The van der Waals surface area contributed by atoms with Gasteiger partial charge in [0.05, 0.1) is 5.69 Å². The van der Waals surface area contributed by atoms with Crippen molar-refractivity contribution in [1.82, 2.24) is 0 Å². The van der Waals surface area contributed by atoms with Crippen molar-refractivity contribution in [3.05, 3.63) is 28.2 Å². The maximum Gasteiger partial charge on any atom is 0.242 e. The van der Waals surface area contributed by atoms with Crippen LogP contribution < -0.4 is 11.1 Å².